The van der Waals surface area contributed by atoms with E-state index in [1.807, 2.05) is 78.5 Å². The Hall–Kier alpha value is -2.99. The van der Waals surface area contributed by atoms with Gasteiger partial charge in [0.2, 0.25) is 0 Å². The summed E-state index contributed by atoms with van der Waals surface area (Å²) in [4.78, 5) is 0. The fourth-order valence-corrected chi connectivity index (χ4v) is 2.57. The standard InChI is InChI=1S/C19H19N5S/c1-2-20-19(25)22-21-13-16-14-24(17-11-7-4-8-12-17)23-18(16)15-9-5-3-6-10-15/h3-14H,2H2,1H3,(H2,20,22,25). The molecule has 0 saturated heterocycles. The van der Waals surface area contributed by atoms with Gasteiger partial charge in [0, 0.05) is 23.9 Å². The predicted molar refractivity (Wildman–Crippen MR) is 106 cm³/mol. The third-order valence-corrected chi connectivity index (χ3v) is 3.75. The number of benzene rings is 2. The molecule has 0 fully saturated rings. The summed E-state index contributed by atoms with van der Waals surface area (Å²) in [7, 11) is 0. The number of hydrogen-bond acceptors (Lipinski definition) is 3. The smallest absolute Gasteiger partial charge is 0.186 e. The van der Waals surface area contributed by atoms with E-state index in [1.165, 1.54) is 0 Å². The minimum absolute atomic E-state index is 0.496. The van der Waals surface area contributed by atoms with Crippen molar-refractivity contribution in [3.05, 3.63) is 72.4 Å². The molecule has 1 aromatic heterocycles. The lowest BCUT2D eigenvalue weighted by Gasteiger charge is -2.02. The number of aromatic nitrogens is 2. The monoisotopic (exact) mass is 349 g/mol. The van der Waals surface area contributed by atoms with Crippen molar-refractivity contribution >= 4 is 23.5 Å². The van der Waals surface area contributed by atoms with Gasteiger partial charge in [0.15, 0.2) is 5.11 Å². The van der Waals surface area contributed by atoms with Crippen LogP contribution in [0.4, 0.5) is 0 Å². The maximum atomic E-state index is 5.12. The molecular formula is C19H19N5S. The van der Waals surface area contributed by atoms with Crippen molar-refractivity contribution in [3.8, 4) is 16.9 Å². The summed E-state index contributed by atoms with van der Waals surface area (Å²) >= 11 is 5.12. The van der Waals surface area contributed by atoms with E-state index in [1.54, 1.807) is 6.21 Å². The van der Waals surface area contributed by atoms with Gasteiger partial charge in [-0.2, -0.15) is 10.2 Å². The minimum atomic E-state index is 0.496. The van der Waals surface area contributed by atoms with E-state index in [0.717, 1.165) is 29.1 Å². The summed E-state index contributed by atoms with van der Waals surface area (Å²) < 4.78 is 1.85. The van der Waals surface area contributed by atoms with Crippen molar-refractivity contribution in [2.24, 2.45) is 5.10 Å². The van der Waals surface area contributed by atoms with Gasteiger partial charge in [0.25, 0.3) is 0 Å². The number of thiocarbonyl (C=S) groups is 1. The second-order valence-corrected chi connectivity index (χ2v) is 5.72. The van der Waals surface area contributed by atoms with Gasteiger partial charge in [0.1, 0.15) is 5.69 Å². The normalized spacial score (nSPS) is 10.8. The largest absolute Gasteiger partial charge is 0.362 e. The molecule has 6 heteroatoms. The lowest BCUT2D eigenvalue weighted by atomic mass is 10.1. The van der Waals surface area contributed by atoms with Crippen LogP contribution in [-0.2, 0) is 0 Å². The van der Waals surface area contributed by atoms with Crippen molar-refractivity contribution in [3.63, 3.8) is 0 Å². The molecule has 2 aromatic carbocycles. The summed E-state index contributed by atoms with van der Waals surface area (Å²) in [6, 6.07) is 20.0. The molecule has 2 N–H and O–H groups in total. The van der Waals surface area contributed by atoms with Crippen LogP contribution in [0.2, 0.25) is 0 Å². The highest BCUT2D eigenvalue weighted by Crippen LogP contribution is 2.22. The van der Waals surface area contributed by atoms with Crippen molar-refractivity contribution in [1.82, 2.24) is 20.5 Å². The fraction of sp³-hybridized carbons (Fsp3) is 0.105. The molecule has 0 atom stereocenters. The lowest BCUT2D eigenvalue weighted by molar-refractivity contribution is 0.884. The molecule has 1 heterocycles. The van der Waals surface area contributed by atoms with Crippen LogP contribution >= 0.6 is 12.2 Å². The van der Waals surface area contributed by atoms with Crippen LogP contribution < -0.4 is 10.7 Å². The van der Waals surface area contributed by atoms with Crippen LogP contribution in [-0.4, -0.2) is 27.7 Å². The number of nitrogens with one attached hydrogen (secondary N) is 2. The average molecular weight is 349 g/mol. The van der Waals surface area contributed by atoms with Crippen molar-refractivity contribution in [2.45, 2.75) is 6.92 Å². The Kier molecular flexibility index (Phi) is 5.53. The first-order valence-electron chi connectivity index (χ1n) is 8.05. The van der Waals surface area contributed by atoms with Crippen LogP contribution in [0, 0.1) is 0 Å². The molecule has 3 aromatic rings. The first-order chi connectivity index (χ1) is 12.3. The summed E-state index contributed by atoms with van der Waals surface area (Å²) in [6.07, 6.45) is 3.69. The van der Waals surface area contributed by atoms with E-state index in [2.05, 4.69) is 15.8 Å². The van der Waals surface area contributed by atoms with Crippen molar-refractivity contribution in [1.29, 1.82) is 0 Å². The number of hydrazone groups is 1. The van der Waals surface area contributed by atoms with Gasteiger partial charge in [0.05, 0.1) is 11.9 Å². The fourth-order valence-electron chi connectivity index (χ4n) is 2.38. The Morgan fingerprint density at radius 2 is 1.80 bits per heavy atom. The zero-order valence-corrected chi connectivity index (χ0v) is 14.7. The summed E-state index contributed by atoms with van der Waals surface area (Å²) in [6.45, 7) is 2.73. The molecule has 0 saturated carbocycles. The lowest BCUT2D eigenvalue weighted by Crippen LogP contribution is -2.31. The van der Waals surface area contributed by atoms with Gasteiger partial charge >= 0.3 is 0 Å². The van der Waals surface area contributed by atoms with Gasteiger partial charge in [-0.05, 0) is 31.3 Å². The van der Waals surface area contributed by atoms with Crippen LogP contribution in [0.1, 0.15) is 12.5 Å². The van der Waals surface area contributed by atoms with E-state index < -0.39 is 0 Å². The molecule has 0 aliphatic carbocycles. The molecule has 3 rings (SSSR count). The quantitative estimate of drug-likeness (QED) is 0.421. The Morgan fingerprint density at radius 1 is 1.12 bits per heavy atom. The zero-order valence-electron chi connectivity index (χ0n) is 13.9. The molecule has 0 aliphatic heterocycles. The Balaban J connectivity index is 1.93. The van der Waals surface area contributed by atoms with Crippen molar-refractivity contribution < 1.29 is 0 Å². The maximum absolute atomic E-state index is 5.12. The highest BCUT2D eigenvalue weighted by atomic mass is 32.1. The minimum Gasteiger partial charge on any atom is -0.362 e. The van der Waals surface area contributed by atoms with Gasteiger partial charge in [-0.15, -0.1) is 0 Å². The number of rotatable bonds is 5. The molecule has 0 spiro atoms. The molecule has 25 heavy (non-hydrogen) atoms. The van der Waals surface area contributed by atoms with Crippen molar-refractivity contribution in [2.75, 3.05) is 6.54 Å². The number of hydrogen-bond donors (Lipinski definition) is 2. The number of para-hydroxylation sites is 1. The molecule has 5 nitrogen and oxygen atoms in total. The molecule has 0 bridgehead atoms. The highest BCUT2D eigenvalue weighted by molar-refractivity contribution is 7.80. The van der Waals surface area contributed by atoms with Gasteiger partial charge in [-0.25, -0.2) is 4.68 Å². The summed E-state index contributed by atoms with van der Waals surface area (Å²) in [5.41, 5.74) is 6.61. The molecule has 0 unspecified atom stereocenters. The first kappa shape index (κ1) is 16.9. The Labute approximate surface area is 152 Å². The second kappa shape index (κ2) is 8.21. The van der Waals surface area contributed by atoms with E-state index in [4.69, 9.17) is 17.3 Å². The molecule has 0 amide bonds. The summed E-state index contributed by atoms with van der Waals surface area (Å²) in [5, 5.41) is 12.4. The Bertz CT molecular complexity index is 856. The predicted octanol–water partition coefficient (Wildman–Crippen LogP) is 3.36. The van der Waals surface area contributed by atoms with E-state index >= 15 is 0 Å². The zero-order chi connectivity index (χ0) is 17.5. The van der Waals surface area contributed by atoms with E-state index in [-0.39, 0.29) is 0 Å². The topological polar surface area (TPSA) is 54.2 Å². The average Bonchev–Trinajstić information content (AvgIpc) is 3.08. The van der Waals surface area contributed by atoms with Gasteiger partial charge in [-0.1, -0.05) is 48.5 Å². The first-order valence-corrected chi connectivity index (χ1v) is 8.46. The van der Waals surface area contributed by atoms with Crippen LogP contribution in [0.25, 0.3) is 16.9 Å². The summed E-state index contributed by atoms with van der Waals surface area (Å²) in [5.74, 6) is 0. The van der Waals surface area contributed by atoms with Gasteiger partial charge < -0.3 is 5.32 Å². The van der Waals surface area contributed by atoms with Crippen LogP contribution in [0.15, 0.2) is 72.0 Å². The molecule has 0 aliphatic rings. The van der Waals surface area contributed by atoms with Crippen LogP contribution in [0.3, 0.4) is 0 Å². The third kappa shape index (κ3) is 4.30. The third-order valence-electron chi connectivity index (χ3n) is 3.52. The molecular weight excluding hydrogens is 330 g/mol. The Morgan fingerprint density at radius 3 is 2.48 bits per heavy atom. The maximum Gasteiger partial charge on any atom is 0.186 e. The molecule has 126 valence electrons. The SMILES string of the molecule is CCNC(=S)NN=Cc1cn(-c2ccccc2)nc1-c1ccccc1. The second-order valence-electron chi connectivity index (χ2n) is 5.31. The number of nitrogens with zero attached hydrogens (tertiary/aromatic N) is 3. The van der Waals surface area contributed by atoms with Crippen LogP contribution in [0.5, 0.6) is 0 Å². The highest BCUT2D eigenvalue weighted by Gasteiger charge is 2.10. The molecule has 0 radical (unpaired) electrons. The van der Waals surface area contributed by atoms with E-state index in [9.17, 15) is 0 Å². The van der Waals surface area contributed by atoms with E-state index in [0.29, 0.717) is 5.11 Å². The van der Waals surface area contributed by atoms with Gasteiger partial charge in [-0.3, -0.25) is 5.43 Å².